The molecular formula is C13H21N5O4. The number of hydrogen-bond acceptors (Lipinski definition) is 9. The van der Waals surface area contributed by atoms with Gasteiger partial charge in [-0.05, 0) is 14.0 Å². The Hall–Kier alpha value is -1.39. The molecule has 9 heteroatoms. The summed E-state index contributed by atoms with van der Waals surface area (Å²) in [4.78, 5) is 15.0. The van der Waals surface area contributed by atoms with E-state index >= 15 is 0 Å². The second-order valence-electron chi connectivity index (χ2n) is 5.58. The van der Waals surface area contributed by atoms with Crippen molar-refractivity contribution in [1.82, 2.24) is 10.2 Å². The summed E-state index contributed by atoms with van der Waals surface area (Å²) in [6, 6.07) is 0. The number of nitrogens with zero attached hydrogens (tertiary/aromatic N) is 4. The predicted molar refractivity (Wildman–Crippen MR) is 80.1 cm³/mol. The van der Waals surface area contributed by atoms with Gasteiger partial charge >= 0.3 is 0 Å². The van der Waals surface area contributed by atoms with Crippen molar-refractivity contribution in [3.63, 3.8) is 0 Å². The zero-order chi connectivity index (χ0) is 15.9. The minimum atomic E-state index is -0.905. The van der Waals surface area contributed by atoms with Gasteiger partial charge in [-0.15, -0.1) is 0 Å². The average Bonchev–Trinajstić information content (AvgIpc) is 3.09. The smallest absolute Gasteiger partial charge is 0.162 e. The number of methoxy groups -OCH3 is 1. The van der Waals surface area contributed by atoms with Gasteiger partial charge in [-0.3, -0.25) is 10.3 Å². The van der Waals surface area contributed by atoms with Crippen LogP contribution in [0.25, 0.3) is 0 Å². The lowest BCUT2D eigenvalue weighted by molar-refractivity contribution is -0.0765. The maximum Gasteiger partial charge on any atom is 0.162 e. The van der Waals surface area contributed by atoms with Gasteiger partial charge in [0.25, 0.3) is 0 Å². The minimum Gasteiger partial charge on any atom is -0.394 e. The molecule has 0 aromatic heterocycles. The van der Waals surface area contributed by atoms with E-state index in [0.717, 1.165) is 5.71 Å². The van der Waals surface area contributed by atoms with Gasteiger partial charge in [0.05, 0.1) is 6.61 Å². The van der Waals surface area contributed by atoms with Crippen molar-refractivity contribution in [2.45, 2.75) is 37.1 Å². The molecule has 1 fully saturated rings. The van der Waals surface area contributed by atoms with Crippen LogP contribution in [0.1, 0.15) is 6.92 Å². The van der Waals surface area contributed by atoms with Crippen LogP contribution in [-0.2, 0) is 9.47 Å². The first kappa shape index (κ1) is 15.5. The van der Waals surface area contributed by atoms with E-state index in [1.807, 2.05) is 11.8 Å². The van der Waals surface area contributed by atoms with Crippen molar-refractivity contribution < 1.29 is 19.7 Å². The van der Waals surface area contributed by atoms with E-state index in [0.29, 0.717) is 12.5 Å². The van der Waals surface area contributed by atoms with Crippen LogP contribution in [0.4, 0.5) is 0 Å². The molecule has 1 saturated heterocycles. The average molecular weight is 311 g/mol. The van der Waals surface area contributed by atoms with E-state index in [-0.39, 0.29) is 6.61 Å². The number of rotatable bonds is 4. The third-order valence-corrected chi connectivity index (χ3v) is 4.38. The standard InChI is InChI=1S/C13H21N5O4/c1-13(14-2)10-11(15-5-17-13)18(6-16-10)12-9(21-3)8(20)7(4-19)22-12/h5,7-9,12,14,19-20H,4,6H2,1-3H3/t7-,8-,9-,12-,13?/m1/s1. The molecule has 22 heavy (non-hydrogen) atoms. The molecule has 9 nitrogen and oxygen atoms in total. The van der Waals surface area contributed by atoms with Gasteiger partial charge in [-0.2, -0.15) is 0 Å². The first-order valence-corrected chi connectivity index (χ1v) is 7.15. The fraction of sp³-hybridized carbons (Fsp3) is 0.769. The second kappa shape index (κ2) is 5.67. The first-order chi connectivity index (χ1) is 10.6. The molecule has 0 bridgehead atoms. The predicted octanol–water partition coefficient (Wildman–Crippen LogP) is -1.83. The Bertz CT molecular complexity index is 537. The van der Waals surface area contributed by atoms with Gasteiger partial charge in [0, 0.05) is 7.11 Å². The van der Waals surface area contributed by atoms with Crippen LogP contribution in [-0.4, -0.2) is 90.6 Å². The third kappa shape index (κ3) is 2.17. The third-order valence-electron chi connectivity index (χ3n) is 4.38. The summed E-state index contributed by atoms with van der Waals surface area (Å²) in [5.41, 5.74) is 0.0834. The van der Waals surface area contributed by atoms with E-state index in [9.17, 15) is 10.2 Å². The molecule has 1 unspecified atom stereocenters. The molecule has 5 atom stereocenters. The van der Waals surface area contributed by atoms with E-state index in [4.69, 9.17) is 9.47 Å². The number of aliphatic hydroxyl groups excluding tert-OH is 2. The Morgan fingerprint density at radius 2 is 2.36 bits per heavy atom. The lowest BCUT2D eigenvalue weighted by Gasteiger charge is -2.33. The second-order valence-corrected chi connectivity index (χ2v) is 5.58. The molecule has 3 aliphatic heterocycles. The Morgan fingerprint density at radius 3 is 3.00 bits per heavy atom. The summed E-state index contributed by atoms with van der Waals surface area (Å²) in [7, 11) is 3.31. The van der Waals surface area contributed by atoms with Gasteiger partial charge in [-0.1, -0.05) is 0 Å². The fourth-order valence-corrected chi connectivity index (χ4v) is 2.95. The number of hydrogen-bond donors (Lipinski definition) is 3. The summed E-state index contributed by atoms with van der Waals surface area (Å²) in [5.74, 6) is 0.643. The minimum absolute atomic E-state index is 0.277. The van der Waals surface area contributed by atoms with Crippen molar-refractivity contribution in [2.24, 2.45) is 15.0 Å². The Morgan fingerprint density at radius 1 is 1.59 bits per heavy atom. The highest BCUT2D eigenvalue weighted by Crippen LogP contribution is 2.30. The van der Waals surface area contributed by atoms with Crippen LogP contribution in [0.15, 0.2) is 15.0 Å². The highest BCUT2D eigenvalue weighted by atomic mass is 16.6. The summed E-state index contributed by atoms with van der Waals surface area (Å²) in [5, 5.41) is 22.6. The monoisotopic (exact) mass is 311 g/mol. The van der Waals surface area contributed by atoms with Gasteiger partial charge in [0.1, 0.15) is 37.0 Å². The van der Waals surface area contributed by atoms with Crippen molar-refractivity contribution in [3.05, 3.63) is 0 Å². The van der Waals surface area contributed by atoms with Gasteiger partial charge in [0.2, 0.25) is 0 Å². The SMILES string of the molecule is CNC1(C)N=CN=C2C1=NCN2[C@@H]1O[C@H](CO)[C@@H](O)[C@H]1OC. The molecule has 0 radical (unpaired) electrons. The summed E-state index contributed by atoms with van der Waals surface area (Å²) in [6.45, 7) is 1.97. The molecule has 0 amide bonds. The fourth-order valence-electron chi connectivity index (χ4n) is 2.95. The van der Waals surface area contributed by atoms with Gasteiger partial charge in [0.15, 0.2) is 17.7 Å². The van der Waals surface area contributed by atoms with Crippen LogP contribution < -0.4 is 5.32 Å². The molecular weight excluding hydrogens is 290 g/mol. The molecule has 0 aliphatic carbocycles. The molecule has 3 heterocycles. The van der Waals surface area contributed by atoms with Crippen molar-refractivity contribution >= 4 is 17.9 Å². The lowest BCUT2D eigenvalue weighted by Crippen LogP contribution is -2.55. The molecule has 0 aromatic rings. The number of fused-ring (bicyclic) bond motifs is 1. The summed E-state index contributed by atoms with van der Waals surface area (Å²) >= 11 is 0. The first-order valence-electron chi connectivity index (χ1n) is 7.15. The van der Waals surface area contributed by atoms with Crippen molar-refractivity contribution in [2.75, 3.05) is 27.4 Å². The number of aliphatic imine (C=N–C) groups is 3. The Balaban J connectivity index is 1.86. The maximum atomic E-state index is 10.2. The van der Waals surface area contributed by atoms with Gasteiger partial charge < -0.3 is 24.6 Å². The largest absolute Gasteiger partial charge is 0.394 e. The zero-order valence-corrected chi connectivity index (χ0v) is 12.8. The molecule has 3 aliphatic rings. The Kier molecular flexibility index (Phi) is 4.00. The number of aliphatic hydroxyl groups is 2. The lowest BCUT2D eigenvalue weighted by atomic mass is 10.0. The maximum absolute atomic E-state index is 10.2. The van der Waals surface area contributed by atoms with Crippen LogP contribution in [0, 0.1) is 0 Å². The topological polar surface area (TPSA) is 111 Å². The van der Waals surface area contributed by atoms with Crippen LogP contribution in [0.5, 0.6) is 0 Å². The van der Waals surface area contributed by atoms with E-state index in [1.54, 1.807) is 7.05 Å². The summed E-state index contributed by atoms with van der Waals surface area (Å²) < 4.78 is 11.1. The highest BCUT2D eigenvalue weighted by Gasteiger charge is 2.50. The number of nitrogens with one attached hydrogen (secondary N) is 1. The molecule has 0 saturated carbocycles. The molecule has 3 rings (SSSR count). The molecule has 0 spiro atoms. The molecule has 0 aromatic carbocycles. The molecule has 122 valence electrons. The zero-order valence-electron chi connectivity index (χ0n) is 12.8. The van der Waals surface area contributed by atoms with Crippen LogP contribution in [0.3, 0.4) is 0 Å². The van der Waals surface area contributed by atoms with Crippen molar-refractivity contribution in [1.29, 1.82) is 0 Å². The quantitative estimate of drug-likeness (QED) is 0.563. The van der Waals surface area contributed by atoms with Crippen LogP contribution >= 0.6 is 0 Å². The molecule has 3 N–H and O–H groups in total. The number of ether oxygens (including phenoxy) is 2. The summed E-state index contributed by atoms with van der Waals surface area (Å²) in [6.07, 6.45) is -1.26. The van der Waals surface area contributed by atoms with Crippen molar-refractivity contribution in [3.8, 4) is 0 Å². The van der Waals surface area contributed by atoms with E-state index < -0.39 is 30.2 Å². The normalized spacial score (nSPS) is 40.7. The van der Waals surface area contributed by atoms with E-state index in [1.165, 1.54) is 13.4 Å². The number of amidine groups is 1. The van der Waals surface area contributed by atoms with E-state index in [2.05, 4.69) is 20.3 Å². The highest BCUT2D eigenvalue weighted by molar-refractivity contribution is 6.47. The Labute approximate surface area is 128 Å². The van der Waals surface area contributed by atoms with Gasteiger partial charge in [-0.25, -0.2) is 9.98 Å². The van der Waals surface area contributed by atoms with Crippen LogP contribution in [0.2, 0.25) is 0 Å².